The highest BCUT2D eigenvalue weighted by Crippen LogP contribution is 2.39. The molecule has 4 aromatic rings. The predicted molar refractivity (Wildman–Crippen MR) is 128 cm³/mol. The molecule has 1 heterocycles. The molecular formula is C25H21ClF2N2O3S. The molecule has 0 amide bonds. The first-order chi connectivity index (χ1) is 15.9. The van der Waals surface area contributed by atoms with Gasteiger partial charge < -0.3 is 5.11 Å². The van der Waals surface area contributed by atoms with E-state index in [2.05, 4.69) is 4.98 Å². The van der Waals surface area contributed by atoms with Gasteiger partial charge in [-0.05, 0) is 37.6 Å². The van der Waals surface area contributed by atoms with E-state index in [1.54, 1.807) is 42.5 Å². The Morgan fingerprint density at radius 2 is 1.59 bits per heavy atom. The zero-order valence-electron chi connectivity index (χ0n) is 18.6. The molecular weight excluding hydrogens is 482 g/mol. The predicted octanol–water partition coefficient (Wildman–Crippen LogP) is 5.77. The molecule has 3 aromatic carbocycles. The van der Waals surface area contributed by atoms with Crippen LogP contribution < -0.4 is 0 Å². The molecule has 0 fully saturated rings. The van der Waals surface area contributed by atoms with E-state index in [-0.39, 0.29) is 27.1 Å². The topological polar surface area (TPSA) is 72.2 Å². The summed E-state index contributed by atoms with van der Waals surface area (Å²) in [4.78, 5) is 4.16. The highest BCUT2D eigenvalue weighted by Gasteiger charge is 2.28. The largest absolute Gasteiger partial charge is 0.384 e. The number of hydrogen-bond donors (Lipinski definition) is 1. The third-order valence-corrected chi connectivity index (χ3v) is 6.97. The Morgan fingerprint density at radius 3 is 2.15 bits per heavy atom. The second kappa shape index (κ2) is 8.61. The normalized spacial score (nSPS) is 12.2. The lowest BCUT2D eigenvalue weighted by Gasteiger charge is -2.16. The molecule has 4 rings (SSSR count). The maximum Gasteiger partial charge on any atom is 0.177 e. The molecule has 176 valence electrons. The van der Waals surface area contributed by atoms with Crippen molar-refractivity contribution in [3.05, 3.63) is 89.2 Å². The Morgan fingerprint density at radius 1 is 0.971 bits per heavy atom. The number of hydrogen-bond acceptors (Lipinski definition) is 4. The van der Waals surface area contributed by atoms with E-state index in [9.17, 15) is 22.3 Å². The quantitative estimate of drug-likeness (QED) is 0.376. The smallest absolute Gasteiger partial charge is 0.177 e. The summed E-state index contributed by atoms with van der Waals surface area (Å²) in [5.41, 5.74) is -0.589. The highest BCUT2D eigenvalue weighted by molar-refractivity contribution is 7.91. The number of sulfone groups is 1. The molecule has 0 spiro atoms. The highest BCUT2D eigenvalue weighted by atomic mass is 35.5. The van der Waals surface area contributed by atoms with Crippen molar-refractivity contribution in [1.29, 1.82) is 0 Å². The van der Waals surface area contributed by atoms with Crippen molar-refractivity contribution in [3.8, 4) is 28.2 Å². The number of imidazole rings is 1. The summed E-state index contributed by atoms with van der Waals surface area (Å²) in [6.45, 7) is 2.95. The summed E-state index contributed by atoms with van der Waals surface area (Å²) >= 11 is 6.67. The molecule has 0 unspecified atom stereocenters. The third-order valence-electron chi connectivity index (χ3n) is 5.31. The van der Waals surface area contributed by atoms with E-state index in [1.807, 2.05) is 0 Å². The van der Waals surface area contributed by atoms with Gasteiger partial charge in [0.1, 0.15) is 17.2 Å². The van der Waals surface area contributed by atoms with Crippen molar-refractivity contribution in [2.24, 2.45) is 0 Å². The van der Waals surface area contributed by atoms with Crippen molar-refractivity contribution >= 4 is 21.4 Å². The average Bonchev–Trinajstić information content (AvgIpc) is 3.18. The van der Waals surface area contributed by atoms with Crippen LogP contribution in [0.15, 0.2) is 71.8 Å². The minimum atomic E-state index is -3.82. The maximum atomic E-state index is 14.7. The van der Waals surface area contributed by atoms with Gasteiger partial charge in [-0.1, -0.05) is 54.1 Å². The summed E-state index contributed by atoms with van der Waals surface area (Å²) in [5.74, 6) is -1.90. The number of rotatable bonds is 5. The van der Waals surface area contributed by atoms with Crippen LogP contribution in [-0.2, 0) is 15.4 Å². The van der Waals surface area contributed by atoms with E-state index in [1.165, 1.54) is 30.7 Å². The zero-order valence-corrected chi connectivity index (χ0v) is 20.1. The summed E-state index contributed by atoms with van der Waals surface area (Å²) in [6, 6.07) is 15.4. The van der Waals surface area contributed by atoms with Crippen LogP contribution in [0.3, 0.4) is 0 Å². The van der Waals surface area contributed by atoms with E-state index < -0.39 is 32.6 Å². The molecule has 0 aliphatic heterocycles. The molecule has 0 saturated heterocycles. The van der Waals surface area contributed by atoms with Crippen LogP contribution in [0.1, 0.15) is 19.5 Å². The van der Waals surface area contributed by atoms with Crippen molar-refractivity contribution < 1.29 is 22.3 Å². The number of aliphatic hydroxyl groups is 1. The summed E-state index contributed by atoms with van der Waals surface area (Å²) in [5, 5.41) is 10.4. The monoisotopic (exact) mass is 502 g/mol. The maximum absolute atomic E-state index is 14.7. The van der Waals surface area contributed by atoms with Crippen molar-refractivity contribution in [2.45, 2.75) is 24.3 Å². The Bertz CT molecular complexity index is 1470. The second-order valence-electron chi connectivity index (χ2n) is 8.39. The molecule has 34 heavy (non-hydrogen) atoms. The van der Waals surface area contributed by atoms with Gasteiger partial charge in [-0.3, -0.25) is 4.57 Å². The molecule has 0 radical (unpaired) electrons. The summed E-state index contributed by atoms with van der Waals surface area (Å²) in [7, 11) is -3.82. The van der Waals surface area contributed by atoms with Crippen LogP contribution in [0.5, 0.6) is 0 Å². The van der Waals surface area contributed by atoms with Crippen LogP contribution >= 0.6 is 11.6 Å². The molecule has 5 nitrogen and oxygen atoms in total. The molecule has 0 saturated carbocycles. The summed E-state index contributed by atoms with van der Waals surface area (Å²) < 4.78 is 56.3. The standard InChI is InChI=1S/C25H21ClF2N2O3S/c1-25(2,31)20-14-30(24(29-20)21-17(27)10-7-11-18(21)28)19-13-12-16(15-8-5-4-6-9-15)23(22(19)26)34(3,32)33/h4-14,31H,1-3H3. The molecule has 1 N–H and O–H groups in total. The average molecular weight is 503 g/mol. The van der Waals surface area contributed by atoms with Gasteiger partial charge in [-0.25, -0.2) is 22.2 Å². The minimum absolute atomic E-state index is 0.120. The van der Waals surface area contributed by atoms with Gasteiger partial charge in [0.15, 0.2) is 15.7 Å². The Labute approximate surface area is 201 Å². The Kier molecular flexibility index (Phi) is 6.10. The molecule has 9 heteroatoms. The van der Waals surface area contributed by atoms with Crippen molar-refractivity contribution in [1.82, 2.24) is 9.55 Å². The fourth-order valence-corrected chi connectivity index (χ4v) is 5.38. The minimum Gasteiger partial charge on any atom is -0.384 e. The first-order valence-corrected chi connectivity index (χ1v) is 12.5. The number of halogens is 3. The third kappa shape index (κ3) is 4.36. The molecule has 0 aliphatic rings. The molecule has 0 atom stereocenters. The fourth-order valence-electron chi connectivity index (χ4n) is 3.69. The molecule has 1 aromatic heterocycles. The fraction of sp³-hybridized carbons (Fsp3) is 0.160. The summed E-state index contributed by atoms with van der Waals surface area (Å²) in [6.07, 6.45) is 2.43. The van der Waals surface area contributed by atoms with Crippen LogP contribution in [0.25, 0.3) is 28.2 Å². The van der Waals surface area contributed by atoms with Crippen LogP contribution in [0.2, 0.25) is 5.02 Å². The lowest BCUT2D eigenvalue weighted by molar-refractivity contribution is 0.0743. The van der Waals surface area contributed by atoms with Gasteiger partial charge in [0.25, 0.3) is 0 Å². The van der Waals surface area contributed by atoms with Gasteiger partial charge >= 0.3 is 0 Å². The Hall–Kier alpha value is -3.07. The van der Waals surface area contributed by atoms with Gasteiger partial charge in [0.05, 0.1) is 26.9 Å². The van der Waals surface area contributed by atoms with Crippen LogP contribution in [0, 0.1) is 11.6 Å². The van der Waals surface area contributed by atoms with E-state index in [4.69, 9.17) is 11.6 Å². The van der Waals surface area contributed by atoms with Crippen LogP contribution in [-0.4, -0.2) is 29.3 Å². The van der Waals surface area contributed by atoms with Crippen molar-refractivity contribution in [3.63, 3.8) is 0 Å². The van der Waals surface area contributed by atoms with Gasteiger partial charge in [-0.15, -0.1) is 0 Å². The zero-order chi connectivity index (χ0) is 24.8. The van der Waals surface area contributed by atoms with Crippen LogP contribution in [0.4, 0.5) is 8.78 Å². The van der Waals surface area contributed by atoms with E-state index in [0.717, 1.165) is 18.4 Å². The van der Waals surface area contributed by atoms with Gasteiger partial charge in [0, 0.05) is 18.0 Å². The van der Waals surface area contributed by atoms with E-state index >= 15 is 0 Å². The first kappa shape index (κ1) is 24.1. The number of nitrogens with zero attached hydrogens (tertiary/aromatic N) is 2. The van der Waals surface area contributed by atoms with E-state index in [0.29, 0.717) is 11.1 Å². The lowest BCUT2D eigenvalue weighted by atomic mass is 10.0. The lowest BCUT2D eigenvalue weighted by Crippen LogP contribution is -2.15. The number of aromatic nitrogens is 2. The SMILES string of the molecule is CC(C)(O)c1cn(-c2ccc(-c3ccccc3)c(S(C)(=O)=O)c2Cl)c(-c2c(F)cccc2F)n1. The van der Waals surface area contributed by atoms with Crippen molar-refractivity contribution in [2.75, 3.05) is 6.26 Å². The first-order valence-electron chi connectivity index (χ1n) is 10.2. The molecule has 0 bridgehead atoms. The number of benzene rings is 3. The Balaban J connectivity index is 2.07. The van der Waals surface area contributed by atoms with Gasteiger partial charge in [-0.2, -0.15) is 0 Å². The second-order valence-corrected chi connectivity index (χ2v) is 10.7. The molecule has 0 aliphatic carbocycles. The van der Waals surface area contributed by atoms with Gasteiger partial charge in [0.2, 0.25) is 0 Å².